The van der Waals surface area contributed by atoms with E-state index in [0.717, 1.165) is 5.56 Å². The highest BCUT2D eigenvalue weighted by Gasteiger charge is 2.41. The predicted molar refractivity (Wildman–Crippen MR) is 84.7 cm³/mol. The fraction of sp³-hybridized carbons (Fsp3) is 0.556. The second-order valence-electron chi connectivity index (χ2n) is 6.45. The summed E-state index contributed by atoms with van der Waals surface area (Å²) in [7, 11) is 0. The predicted octanol–water partition coefficient (Wildman–Crippen LogP) is 2.82. The standard InChI is InChI=1S/C18H24O5/c1-4-17(2,3)16(20)22-12-15(19)23-18(10-11-21-13-18)14-8-6-5-7-9-14/h5-9H,4,10-13H2,1-3H3. The SMILES string of the molecule is CCC(C)(C)C(=O)OCC(=O)OC1(c2ccccc2)CCOC1. The van der Waals surface area contributed by atoms with Gasteiger partial charge in [-0.05, 0) is 25.8 Å². The Balaban J connectivity index is 1.99. The van der Waals surface area contributed by atoms with E-state index in [0.29, 0.717) is 26.1 Å². The smallest absolute Gasteiger partial charge is 0.345 e. The van der Waals surface area contributed by atoms with Gasteiger partial charge in [0.15, 0.2) is 12.2 Å². The Kier molecular flexibility index (Phi) is 5.42. The van der Waals surface area contributed by atoms with Gasteiger partial charge in [-0.15, -0.1) is 0 Å². The molecule has 126 valence electrons. The van der Waals surface area contributed by atoms with Gasteiger partial charge >= 0.3 is 11.9 Å². The molecular formula is C18H24O5. The van der Waals surface area contributed by atoms with Gasteiger partial charge in [-0.25, -0.2) is 4.79 Å². The lowest BCUT2D eigenvalue weighted by Crippen LogP contribution is -2.35. The number of ether oxygens (including phenoxy) is 3. The van der Waals surface area contributed by atoms with Crippen molar-refractivity contribution in [1.82, 2.24) is 0 Å². The number of carbonyl (C=O) groups is 2. The minimum absolute atomic E-state index is 0.317. The van der Waals surface area contributed by atoms with E-state index in [1.165, 1.54) is 0 Å². The van der Waals surface area contributed by atoms with Crippen molar-refractivity contribution in [3.63, 3.8) is 0 Å². The lowest BCUT2D eigenvalue weighted by atomic mass is 9.91. The van der Waals surface area contributed by atoms with Crippen LogP contribution in [0.1, 0.15) is 39.2 Å². The summed E-state index contributed by atoms with van der Waals surface area (Å²) >= 11 is 0. The van der Waals surface area contributed by atoms with Crippen LogP contribution in [-0.4, -0.2) is 31.8 Å². The van der Waals surface area contributed by atoms with Crippen LogP contribution in [0.25, 0.3) is 0 Å². The zero-order valence-electron chi connectivity index (χ0n) is 14.0. The molecule has 0 radical (unpaired) electrons. The fourth-order valence-electron chi connectivity index (χ4n) is 2.37. The fourth-order valence-corrected chi connectivity index (χ4v) is 2.37. The molecule has 1 aromatic carbocycles. The van der Waals surface area contributed by atoms with Crippen molar-refractivity contribution in [2.75, 3.05) is 19.8 Å². The highest BCUT2D eigenvalue weighted by molar-refractivity contribution is 5.80. The second kappa shape index (κ2) is 7.13. The molecule has 2 rings (SSSR count). The first-order chi connectivity index (χ1) is 10.9. The summed E-state index contributed by atoms with van der Waals surface area (Å²) in [5.41, 5.74) is -0.495. The van der Waals surface area contributed by atoms with Crippen LogP contribution in [0, 0.1) is 5.41 Å². The molecule has 0 amide bonds. The molecule has 1 aliphatic heterocycles. The highest BCUT2D eigenvalue weighted by Crippen LogP contribution is 2.34. The Bertz CT molecular complexity index is 544. The number of benzene rings is 1. The highest BCUT2D eigenvalue weighted by atomic mass is 16.6. The van der Waals surface area contributed by atoms with Gasteiger partial charge in [0.25, 0.3) is 0 Å². The maximum Gasteiger partial charge on any atom is 0.345 e. The van der Waals surface area contributed by atoms with Crippen molar-refractivity contribution in [2.45, 2.75) is 39.2 Å². The molecule has 0 aromatic heterocycles. The molecule has 0 bridgehead atoms. The Morgan fingerprint density at radius 2 is 1.96 bits per heavy atom. The molecule has 1 aromatic rings. The summed E-state index contributed by atoms with van der Waals surface area (Å²) in [5.74, 6) is -0.951. The second-order valence-corrected chi connectivity index (χ2v) is 6.45. The van der Waals surface area contributed by atoms with E-state index < -0.39 is 23.0 Å². The van der Waals surface area contributed by atoms with Crippen molar-refractivity contribution in [2.24, 2.45) is 5.41 Å². The zero-order valence-corrected chi connectivity index (χ0v) is 14.0. The van der Waals surface area contributed by atoms with Crippen LogP contribution < -0.4 is 0 Å². The quantitative estimate of drug-likeness (QED) is 0.754. The van der Waals surface area contributed by atoms with Crippen molar-refractivity contribution in [3.8, 4) is 0 Å². The van der Waals surface area contributed by atoms with Crippen LogP contribution in [-0.2, 0) is 29.4 Å². The largest absolute Gasteiger partial charge is 0.453 e. The average Bonchev–Trinajstić information content (AvgIpc) is 3.03. The summed E-state index contributed by atoms with van der Waals surface area (Å²) < 4.78 is 16.2. The lowest BCUT2D eigenvalue weighted by Gasteiger charge is -2.28. The molecule has 1 unspecified atom stereocenters. The van der Waals surface area contributed by atoms with Gasteiger partial charge in [0, 0.05) is 6.42 Å². The molecule has 1 saturated heterocycles. The average molecular weight is 320 g/mol. The van der Waals surface area contributed by atoms with Gasteiger partial charge in [0.05, 0.1) is 18.6 Å². The first-order valence-corrected chi connectivity index (χ1v) is 7.92. The summed E-state index contributed by atoms with van der Waals surface area (Å²) in [4.78, 5) is 24.1. The van der Waals surface area contributed by atoms with E-state index in [1.807, 2.05) is 37.3 Å². The molecule has 1 fully saturated rings. The van der Waals surface area contributed by atoms with Gasteiger partial charge in [-0.1, -0.05) is 37.3 Å². The summed E-state index contributed by atoms with van der Waals surface area (Å²) in [6, 6.07) is 9.52. The number of esters is 2. The molecule has 0 N–H and O–H groups in total. The van der Waals surface area contributed by atoms with Gasteiger partial charge in [-0.2, -0.15) is 0 Å². The lowest BCUT2D eigenvalue weighted by molar-refractivity contribution is -0.174. The number of rotatable bonds is 6. The Morgan fingerprint density at radius 1 is 1.26 bits per heavy atom. The molecule has 0 spiro atoms. The molecule has 1 atom stereocenters. The Morgan fingerprint density at radius 3 is 2.52 bits per heavy atom. The third-order valence-corrected chi connectivity index (χ3v) is 4.35. The van der Waals surface area contributed by atoms with E-state index in [2.05, 4.69) is 0 Å². The Labute approximate surface area is 136 Å². The van der Waals surface area contributed by atoms with Crippen LogP contribution in [0.3, 0.4) is 0 Å². The maximum absolute atomic E-state index is 12.1. The zero-order chi connectivity index (χ0) is 16.9. The van der Waals surface area contributed by atoms with Crippen molar-refractivity contribution < 1.29 is 23.8 Å². The van der Waals surface area contributed by atoms with E-state index >= 15 is 0 Å². The van der Waals surface area contributed by atoms with Gasteiger partial charge in [0.1, 0.15) is 0 Å². The molecule has 23 heavy (non-hydrogen) atoms. The van der Waals surface area contributed by atoms with Crippen molar-refractivity contribution in [3.05, 3.63) is 35.9 Å². The topological polar surface area (TPSA) is 61.8 Å². The molecule has 0 saturated carbocycles. The monoisotopic (exact) mass is 320 g/mol. The Hall–Kier alpha value is -1.88. The van der Waals surface area contributed by atoms with Crippen LogP contribution in [0.4, 0.5) is 0 Å². The van der Waals surface area contributed by atoms with E-state index in [-0.39, 0.29) is 6.61 Å². The summed E-state index contributed by atoms with van der Waals surface area (Å²) in [6.45, 7) is 5.95. The van der Waals surface area contributed by atoms with Crippen LogP contribution >= 0.6 is 0 Å². The molecule has 0 aliphatic carbocycles. The molecule has 1 aliphatic rings. The first kappa shape index (κ1) is 17.5. The minimum Gasteiger partial charge on any atom is -0.453 e. The van der Waals surface area contributed by atoms with Crippen molar-refractivity contribution >= 4 is 11.9 Å². The van der Waals surface area contributed by atoms with Gasteiger partial charge in [-0.3, -0.25) is 4.79 Å². The maximum atomic E-state index is 12.1. The van der Waals surface area contributed by atoms with Gasteiger partial charge in [0.2, 0.25) is 0 Å². The summed E-state index contributed by atoms with van der Waals surface area (Å²) in [5, 5.41) is 0. The third-order valence-electron chi connectivity index (χ3n) is 4.35. The molecule has 5 heteroatoms. The number of carbonyl (C=O) groups excluding carboxylic acids is 2. The number of hydrogen-bond donors (Lipinski definition) is 0. The third kappa shape index (κ3) is 4.10. The van der Waals surface area contributed by atoms with E-state index in [9.17, 15) is 9.59 Å². The molecule has 1 heterocycles. The number of hydrogen-bond acceptors (Lipinski definition) is 5. The van der Waals surface area contributed by atoms with Gasteiger partial charge < -0.3 is 14.2 Å². The van der Waals surface area contributed by atoms with Crippen LogP contribution in [0.5, 0.6) is 0 Å². The normalized spacial score (nSPS) is 21.0. The van der Waals surface area contributed by atoms with E-state index in [4.69, 9.17) is 14.2 Å². The first-order valence-electron chi connectivity index (χ1n) is 7.92. The molecule has 5 nitrogen and oxygen atoms in total. The van der Waals surface area contributed by atoms with Crippen LogP contribution in [0.2, 0.25) is 0 Å². The van der Waals surface area contributed by atoms with Crippen LogP contribution in [0.15, 0.2) is 30.3 Å². The van der Waals surface area contributed by atoms with E-state index in [1.54, 1.807) is 13.8 Å². The minimum atomic E-state index is -0.787. The molecular weight excluding hydrogens is 296 g/mol. The van der Waals surface area contributed by atoms with Crippen molar-refractivity contribution in [1.29, 1.82) is 0 Å². The summed E-state index contributed by atoms with van der Waals surface area (Å²) in [6.07, 6.45) is 1.24.